The number of halogens is 1. The SMILES string of the molecule is O=C(N[C@H](Cc1ccc(Cl)cc1)C(=O)NC(CO)Cc1c[nH]c2ccccc12)C1CCNCC1. The molecule has 1 aliphatic heterocycles. The summed E-state index contributed by atoms with van der Waals surface area (Å²) in [6, 6.07) is 14.0. The van der Waals surface area contributed by atoms with Gasteiger partial charge in [0.25, 0.3) is 0 Å². The summed E-state index contributed by atoms with van der Waals surface area (Å²) in [5.74, 6) is -0.523. The van der Waals surface area contributed by atoms with Crippen LogP contribution in [-0.2, 0) is 22.4 Å². The molecule has 0 spiro atoms. The summed E-state index contributed by atoms with van der Waals surface area (Å²) in [7, 11) is 0. The highest BCUT2D eigenvalue weighted by Gasteiger charge is 2.28. The Balaban J connectivity index is 1.47. The fraction of sp³-hybridized carbons (Fsp3) is 0.385. The Kier molecular flexibility index (Phi) is 8.21. The number of nitrogens with one attached hydrogen (secondary N) is 4. The molecular weight excluding hydrogens is 452 g/mol. The van der Waals surface area contributed by atoms with Crippen molar-refractivity contribution in [3.8, 4) is 0 Å². The predicted molar refractivity (Wildman–Crippen MR) is 134 cm³/mol. The molecule has 1 unspecified atom stereocenters. The van der Waals surface area contributed by atoms with Gasteiger partial charge in [-0.2, -0.15) is 0 Å². The zero-order valence-corrected chi connectivity index (χ0v) is 19.8. The summed E-state index contributed by atoms with van der Waals surface area (Å²) < 4.78 is 0. The highest BCUT2D eigenvalue weighted by Crippen LogP contribution is 2.19. The van der Waals surface area contributed by atoms with Crippen molar-refractivity contribution in [3.63, 3.8) is 0 Å². The third-order valence-corrected chi connectivity index (χ3v) is 6.66. The first kappa shape index (κ1) is 24.3. The topological polar surface area (TPSA) is 106 Å². The van der Waals surface area contributed by atoms with Gasteiger partial charge in [0.2, 0.25) is 11.8 Å². The first-order valence-electron chi connectivity index (χ1n) is 11.7. The molecule has 34 heavy (non-hydrogen) atoms. The van der Waals surface area contributed by atoms with E-state index in [9.17, 15) is 14.7 Å². The van der Waals surface area contributed by atoms with Gasteiger partial charge < -0.3 is 26.0 Å². The van der Waals surface area contributed by atoms with E-state index in [0.29, 0.717) is 17.9 Å². The van der Waals surface area contributed by atoms with E-state index in [4.69, 9.17) is 11.6 Å². The molecule has 180 valence electrons. The van der Waals surface area contributed by atoms with Gasteiger partial charge in [-0.3, -0.25) is 9.59 Å². The monoisotopic (exact) mass is 482 g/mol. The smallest absolute Gasteiger partial charge is 0.243 e. The first-order valence-corrected chi connectivity index (χ1v) is 12.1. The standard InChI is InChI=1S/C26H31ClN4O3/c27-20-7-5-17(6-8-20)13-24(31-25(33)18-9-11-28-12-10-18)26(34)30-21(16-32)14-19-15-29-23-4-2-1-3-22(19)23/h1-8,15,18,21,24,28-29,32H,9-14,16H2,(H,30,34)(H,31,33)/t21?,24-/m1/s1. The zero-order chi connectivity index (χ0) is 23.9. The van der Waals surface area contributed by atoms with Crippen LogP contribution in [0.4, 0.5) is 0 Å². The van der Waals surface area contributed by atoms with Crippen molar-refractivity contribution in [2.24, 2.45) is 5.92 Å². The Bertz CT molecular complexity index is 1110. The van der Waals surface area contributed by atoms with Gasteiger partial charge in [0.1, 0.15) is 6.04 Å². The average molecular weight is 483 g/mol. The normalized spacial score (nSPS) is 16.2. The molecule has 5 N–H and O–H groups in total. The number of carbonyl (C=O) groups is 2. The lowest BCUT2D eigenvalue weighted by atomic mass is 9.96. The van der Waals surface area contributed by atoms with Gasteiger partial charge in [0, 0.05) is 34.5 Å². The maximum atomic E-state index is 13.3. The summed E-state index contributed by atoms with van der Waals surface area (Å²) in [4.78, 5) is 29.5. The summed E-state index contributed by atoms with van der Waals surface area (Å²) in [6.07, 6.45) is 4.22. The number of fused-ring (bicyclic) bond motifs is 1. The predicted octanol–water partition coefficient (Wildman–Crippen LogP) is 2.57. The van der Waals surface area contributed by atoms with E-state index in [0.717, 1.165) is 48.0 Å². The average Bonchev–Trinajstić information content (AvgIpc) is 3.27. The molecule has 1 fully saturated rings. The van der Waals surface area contributed by atoms with Crippen molar-refractivity contribution >= 4 is 34.3 Å². The minimum absolute atomic E-state index is 0.104. The van der Waals surface area contributed by atoms with Gasteiger partial charge in [-0.1, -0.05) is 41.9 Å². The molecule has 2 amide bonds. The van der Waals surface area contributed by atoms with Crippen LogP contribution in [0.1, 0.15) is 24.0 Å². The van der Waals surface area contributed by atoms with Crippen LogP contribution in [0.5, 0.6) is 0 Å². The van der Waals surface area contributed by atoms with Gasteiger partial charge in [0.05, 0.1) is 12.6 Å². The number of aromatic amines is 1. The molecule has 2 heterocycles. The molecule has 0 aliphatic carbocycles. The number of amides is 2. The van der Waals surface area contributed by atoms with Gasteiger partial charge >= 0.3 is 0 Å². The minimum atomic E-state index is -0.749. The van der Waals surface area contributed by atoms with Crippen molar-refractivity contribution in [3.05, 3.63) is 70.9 Å². The Morgan fingerprint density at radius 2 is 1.76 bits per heavy atom. The van der Waals surface area contributed by atoms with Crippen LogP contribution in [0, 0.1) is 5.92 Å². The molecule has 0 saturated carbocycles. The molecule has 0 radical (unpaired) electrons. The van der Waals surface area contributed by atoms with Crippen molar-refractivity contribution in [1.29, 1.82) is 0 Å². The van der Waals surface area contributed by atoms with Gasteiger partial charge in [0.15, 0.2) is 0 Å². The lowest BCUT2D eigenvalue weighted by Gasteiger charge is -2.26. The second-order valence-electron chi connectivity index (χ2n) is 8.87. The molecule has 4 rings (SSSR count). The van der Waals surface area contributed by atoms with Crippen LogP contribution >= 0.6 is 11.6 Å². The van der Waals surface area contributed by atoms with E-state index in [2.05, 4.69) is 20.9 Å². The van der Waals surface area contributed by atoms with Crippen LogP contribution < -0.4 is 16.0 Å². The fourth-order valence-electron chi connectivity index (χ4n) is 4.47. The van der Waals surface area contributed by atoms with Gasteiger partial charge in [-0.15, -0.1) is 0 Å². The highest BCUT2D eigenvalue weighted by atomic mass is 35.5. The lowest BCUT2D eigenvalue weighted by molar-refractivity contribution is -0.132. The Morgan fingerprint density at radius 1 is 1.03 bits per heavy atom. The number of aromatic nitrogens is 1. The summed E-state index contributed by atoms with van der Waals surface area (Å²) in [5.41, 5.74) is 2.92. The summed E-state index contributed by atoms with van der Waals surface area (Å²) in [6.45, 7) is 1.38. The molecule has 2 aromatic carbocycles. The quantitative estimate of drug-likeness (QED) is 0.323. The van der Waals surface area contributed by atoms with E-state index in [-0.39, 0.29) is 24.3 Å². The van der Waals surface area contributed by atoms with Crippen LogP contribution in [-0.4, -0.2) is 53.7 Å². The molecule has 7 nitrogen and oxygen atoms in total. The lowest BCUT2D eigenvalue weighted by Crippen LogP contribution is -2.53. The number of benzene rings is 2. The maximum absolute atomic E-state index is 13.3. The Morgan fingerprint density at radius 3 is 2.50 bits per heavy atom. The molecule has 1 saturated heterocycles. The molecule has 2 atom stereocenters. The van der Waals surface area contributed by atoms with Crippen molar-refractivity contribution < 1.29 is 14.7 Å². The third-order valence-electron chi connectivity index (χ3n) is 6.40. The molecular formula is C26H31ClN4O3. The number of rotatable bonds is 9. The van der Waals surface area contributed by atoms with E-state index >= 15 is 0 Å². The van der Waals surface area contributed by atoms with Crippen molar-refractivity contribution in [2.45, 2.75) is 37.8 Å². The zero-order valence-electron chi connectivity index (χ0n) is 19.0. The van der Waals surface area contributed by atoms with E-state index in [1.54, 1.807) is 12.1 Å². The first-order chi connectivity index (χ1) is 16.5. The number of aliphatic hydroxyl groups is 1. The number of H-pyrrole nitrogens is 1. The minimum Gasteiger partial charge on any atom is -0.394 e. The van der Waals surface area contributed by atoms with Crippen LogP contribution in [0.15, 0.2) is 54.7 Å². The largest absolute Gasteiger partial charge is 0.394 e. The highest BCUT2D eigenvalue weighted by molar-refractivity contribution is 6.30. The molecule has 0 bridgehead atoms. The second kappa shape index (κ2) is 11.5. The van der Waals surface area contributed by atoms with Crippen LogP contribution in [0.25, 0.3) is 10.9 Å². The number of carbonyl (C=O) groups excluding carboxylic acids is 2. The van der Waals surface area contributed by atoms with Crippen LogP contribution in [0.3, 0.4) is 0 Å². The van der Waals surface area contributed by atoms with E-state index < -0.39 is 12.1 Å². The second-order valence-corrected chi connectivity index (χ2v) is 9.30. The van der Waals surface area contributed by atoms with Crippen LogP contribution in [0.2, 0.25) is 5.02 Å². The van der Waals surface area contributed by atoms with Gasteiger partial charge in [-0.05, 0) is 61.7 Å². The molecule has 8 heteroatoms. The van der Waals surface area contributed by atoms with Gasteiger partial charge in [-0.25, -0.2) is 0 Å². The molecule has 1 aromatic heterocycles. The molecule has 3 aromatic rings. The van der Waals surface area contributed by atoms with Crippen molar-refractivity contribution in [2.75, 3.05) is 19.7 Å². The van der Waals surface area contributed by atoms with E-state index in [1.807, 2.05) is 42.6 Å². The number of aliphatic hydroxyl groups excluding tert-OH is 1. The summed E-state index contributed by atoms with van der Waals surface area (Å²) in [5, 5.41) is 20.9. The Hall–Kier alpha value is -2.87. The molecule has 1 aliphatic rings. The van der Waals surface area contributed by atoms with Crippen molar-refractivity contribution in [1.82, 2.24) is 20.9 Å². The maximum Gasteiger partial charge on any atom is 0.243 e. The number of piperidine rings is 1. The summed E-state index contributed by atoms with van der Waals surface area (Å²) >= 11 is 6.01. The fourth-order valence-corrected chi connectivity index (χ4v) is 4.59. The number of hydrogen-bond acceptors (Lipinski definition) is 4. The Labute approximate surface area is 204 Å². The number of hydrogen-bond donors (Lipinski definition) is 5. The number of para-hydroxylation sites is 1. The third kappa shape index (κ3) is 6.17. The van der Waals surface area contributed by atoms with E-state index in [1.165, 1.54) is 0 Å².